The van der Waals surface area contributed by atoms with Crippen LogP contribution in [0.3, 0.4) is 0 Å². The van der Waals surface area contributed by atoms with Crippen LogP contribution in [0.25, 0.3) is 0 Å². The fourth-order valence-electron chi connectivity index (χ4n) is 2.32. The summed E-state index contributed by atoms with van der Waals surface area (Å²) in [6.45, 7) is 1.00. The van der Waals surface area contributed by atoms with Crippen molar-refractivity contribution in [1.29, 1.82) is 0 Å². The molecule has 0 unspecified atom stereocenters. The number of anilines is 1. The van der Waals surface area contributed by atoms with Crippen LogP contribution in [-0.4, -0.2) is 28.7 Å². The average Bonchev–Trinajstić information content (AvgIpc) is 2.80. The minimum atomic E-state index is -3.92. The molecule has 1 aliphatic rings. The summed E-state index contributed by atoms with van der Waals surface area (Å²) >= 11 is 9.48. The van der Waals surface area contributed by atoms with Gasteiger partial charge < -0.3 is 14.2 Å². The van der Waals surface area contributed by atoms with E-state index in [0.29, 0.717) is 29.2 Å². The van der Waals surface area contributed by atoms with Gasteiger partial charge in [0.2, 0.25) is 0 Å². The molecule has 134 valence electrons. The van der Waals surface area contributed by atoms with E-state index >= 15 is 0 Å². The minimum Gasteiger partial charge on any atom is -0.495 e. The monoisotopic (exact) mass is 447 g/mol. The number of nitrogens with one attached hydrogen (secondary N) is 1. The van der Waals surface area contributed by atoms with Crippen molar-refractivity contribution in [3.63, 3.8) is 0 Å². The highest BCUT2D eigenvalue weighted by Crippen LogP contribution is 2.39. The summed E-state index contributed by atoms with van der Waals surface area (Å²) in [5.41, 5.74) is 0.202. The number of sulfonamides is 1. The van der Waals surface area contributed by atoms with Crippen LogP contribution in [0.2, 0.25) is 5.02 Å². The molecular formula is C16H15BrClNO5S. The summed E-state index contributed by atoms with van der Waals surface area (Å²) < 4.78 is 44.9. The van der Waals surface area contributed by atoms with Crippen molar-refractivity contribution >= 4 is 43.2 Å². The highest BCUT2D eigenvalue weighted by molar-refractivity contribution is 9.10. The molecule has 3 rings (SSSR count). The maximum absolute atomic E-state index is 12.8. The Morgan fingerprint density at radius 3 is 2.52 bits per heavy atom. The maximum atomic E-state index is 12.8. The fraction of sp³-hybridized carbons (Fsp3) is 0.250. The maximum Gasteiger partial charge on any atom is 0.265 e. The minimum absolute atomic E-state index is 0.00690. The summed E-state index contributed by atoms with van der Waals surface area (Å²) in [4.78, 5) is -0.00690. The molecule has 9 heteroatoms. The third kappa shape index (κ3) is 3.96. The zero-order valence-electron chi connectivity index (χ0n) is 13.2. The van der Waals surface area contributed by atoms with Crippen LogP contribution in [0, 0.1) is 0 Å². The molecule has 6 nitrogen and oxygen atoms in total. The van der Waals surface area contributed by atoms with Crippen molar-refractivity contribution in [3.8, 4) is 17.2 Å². The molecule has 0 aromatic heterocycles. The third-order valence-electron chi connectivity index (χ3n) is 3.50. The van der Waals surface area contributed by atoms with Crippen LogP contribution in [0.15, 0.2) is 39.7 Å². The van der Waals surface area contributed by atoms with Gasteiger partial charge in [-0.05, 0) is 18.2 Å². The van der Waals surface area contributed by atoms with E-state index in [0.717, 1.165) is 6.42 Å². The number of methoxy groups -OCH3 is 1. The number of hydrogen-bond acceptors (Lipinski definition) is 5. The van der Waals surface area contributed by atoms with Gasteiger partial charge in [-0.1, -0.05) is 27.5 Å². The van der Waals surface area contributed by atoms with E-state index in [1.54, 1.807) is 12.1 Å². The van der Waals surface area contributed by atoms with Gasteiger partial charge in [-0.3, -0.25) is 4.72 Å². The fourth-order valence-corrected chi connectivity index (χ4v) is 4.36. The summed E-state index contributed by atoms with van der Waals surface area (Å²) in [7, 11) is -2.52. The summed E-state index contributed by atoms with van der Waals surface area (Å²) in [5, 5.41) is 0.210. The van der Waals surface area contributed by atoms with Gasteiger partial charge in [0.05, 0.1) is 31.0 Å². The second-order valence-corrected chi connectivity index (χ2v) is 8.20. The second-order valence-electron chi connectivity index (χ2n) is 5.23. The molecule has 2 aromatic carbocycles. The molecule has 25 heavy (non-hydrogen) atoms. The Hall–Kier alpha value is -1.64. The number of ether oxygens (including phenoxy) is 3. The molecule has 1 N–H and O–H groups in total. The average molecular weight is 449 g/mol. The Morgan fingerprint density at radius 1 is 1.16 bits per heavy atom. The molecule has 0 amide bonds. The van der Waals surface area contributed by atoms with Gasteiger partial charge in [-0.25, -0.2) is 8.42 Å². The lowest BCUT2D eigenvalue weighted by molar-refractivity contribution is 0.297. The second kappa shape index (κ2) is 7.31. The Kier molecular flexibility index (Phi) is 5.31. The molecule has 1 heterocycles. The zero-order chi connectivity index (χ0) is 18.0. The van der Waals surface area contributed by atoms with E-state index in [1.165, 1.54) is 25.3 Å². The van der Waals surface area contributed by atoms with Gasteiger partial charge in [0.1, 0.15) is 10.6 Å². The lowest BCUT2D eigenvalue weighted by Crippen LogP contribution is -2.14. The van der Waals surface area contributed by atoms with Crippen molar-refractivity contribution in [2.45, 2.75) is 11.3 Å². The molecule has 0 fully saturated rings. The van der Waals surface area contributed by atoms with Crippen molar-refractivity contribution in [2.75, 3.05) is 25.0 Å². The molecule has 0 bridgehead atoms. The van der Waals surface area contributed by atoms with Crippen molar-refractivity contribution in [3.05, 3.63) is 39.8 Å². The highest BCUT2D eigenvalue weighted by atomic mass is 79.9. The quantitative estimate of drug-likeness (QED) is 0.763. The largest absolute Gasteiger partial charge is 0.495 e. The van der Waals surface area contributed by atoms with Crippen molar-refractivity contribution < 1.29 is 22.6 Å². The van der Waals surface area contributed by atoms with E-state index in [9.17, 15) is 8.42 Å². The zero-order valence-corrected chi connectivity index (χ0v) is 16.4. The van der Waals surface area contributed by atoms with E-state index in [-0.39, 0.29) is 21.4 Å². The van der Waals surface area contributed by atoms with Crippen LogP contribution in [0.4, 0.5) is 5.69 Å². The van der Waals surface area contributed by atoms with Gasteiger partial charge in [0.25, 0.3) is 10.0 Å². The lowest BCUT2D eigenvalue weighted by atomic mass is 10.3. The van der Waals surface area contributed by atoms with Crippen LogP contribution in [-0.2, 0) is 10.0 Å². The van der Waals surface area contributed by atoms with E-state index in [1.807, 2.05) is 0 Å². The number of fused-ring (bicyclic) bond motifs is 1. The molecule has 0 atom stereocenters. The van der Waals surface area contributed by atoms with Gasteiger partial charge in [-0.15, -0.1) is 0 Å². The molecule has 2 aromatic rings. The molecular weight excluding hydrogens is 434 g/mol. The van der Waals surface area contributed by atoms with Gasteiger partial charge in [0.15, 0.2) is 11.5 Å². The topological polar surface area (TPSA) is 73.9 Å². The highest BCUT2D eigenvalue weighted by Gasteiger charge is 2.23. The van der Waals surface area contributed by atoms with E-state index < -0.39 is 10.0 Å². The SMILES string of the molecule is COc1ccc(Br)cc1S(=O)(=O)Nc1cc2c(cc1Cl)OCCCO2. The molecule has 0 aliphatic carbocycles. The predicted molar refractivity (Wildman–Crippen MR) is 98.6 cm³/mol. The Balaban J connectivity index is 1.99. The lowest BCUT2D eigenvalue weighted by Gasteiger charge is -2.15. The summed E-state index contributed by atoms with van der Waals surface area (Å²) in [5.74, 6) is 1.16. The predicted octanol–water partition coefficient (Wildman–Crippen LogP) is 4.07. The molecule has 1 aliphatic heterocycles. The van der Waals surface area contributed by atoms with Crippen LogP contribution in [0.1, 0.15) is 6.42 Å². The van der Waals surface area contributed by atoms with Gasteiger partial charge in [-0.2, -0.15) is 0 Å². The van der Waals surface area contributed by atoms with E-state index in [4.69, 9.17) is 25.8 Å². The Morgan fingerprint density at radius 2 is 1.84 bits per heavy atom. The number of hydrogen-bond donors (Lipinski definition) is 1. The third-order valence-corrected chi connectivity index (χ3v) is 5.69. The van der Waals surface area contributed by atoms with Crippen molar-refractivity contribution in [1.82, 2.24) is 0 Å². The first-order valence-corrected chi connectivity index (χ1v) is 10.0. The van der Waals surface area contributed by atoms with Crippen LogP contribution in [0.5, 0.6) is 17.2 Å². The van der Waals surface area contributed by atoms with Crippen LogP contribution < -0.4 is 18.9 Å². The van der Waals surface area contributed by atoms with E-state index in [2.05, 4.69) is 20.7 Å². The normalized spacial score (nSPS) is 13.9. The molecule has 0 saturated heterocycles. The summed E-state index contributed by atoms with van der Waals surface area (Å²) in [6, 6.07) is 7.77. The first-order chi connectivity index (χ1) is 11.9. The van der Waals surface area contributed by atoms with Crippen molar-refractivity contribution in [2.24, 2.45) is 0 Å². The standard InChI is InChI=1S/C16H15BrClNO5S/c1-22-13-4-3-10(17)7-16(13)25(20,21)19-12-9-15-14(8-11(12)18)23-5-2-6-24-15/h3-4,7-9,19H,2,5-6H2,1H3. The molecule has 0 radical (unpaired) electrons. The summed E-state index contributed by atoms with van der Waals surface area (Å²) in [6.07, 6.45) is 0.739. The smallest absolute Gasteiger partial charge is 0.265 e. The van der Waals surface area contributed by atoms with Gasteiger partial charge >= 0.3 is 0 Å². The Labute approximate surface area is 159 Å². The Bertz CT molecular complexity index is 904. The number of rotatable bonds is 4. The first-order valence-electron chi connectivity index (χ1n) is 7.36. The number of halogens is 2. The van der Waals surface area contributed by atoms with Crippen LogP contribution >= 0.6 is 27.5 Å². The van der Waals surface area contributed by atoms with Gasteiger partial charge in [0, 0.05) is 23.0 Å². The molecule has 0 saturated carbocycles. The molecule has 0 spiro atoms. The first kappa shape index (κ1) is 18.2. The number of benzene rings is 2.